The van der Waals surface area contributed by atoms with E-state index in [0.29, 0.717) is 0 Å². The summed E-state index contributed by atoms with van der Waals surface area (Å²) >= 11 is 0. The lowest BCUT2D eigenvalue weighted by Gasteiger charge is -2.04. The zero-order chi connectivity index (χ0) is 12.2. The summed E-state index contributed by atoms with van der Waals surface area (Å²) in [6, 6.07) is 7.11. The molecule has 7 heteroatoms. The second kappa shape index (κ2) is 4.74. The Balaban J connectivity index is 2.99. The van der Waals surface area contributed by atoms with Gasteiger partial charge in [0.05, 0.1) is 16.5 Å². The van der Waals surface area contributed by atoms with Gasteiger partial charge >= 0.3 is 5.97 Å². The van der Waals surface area contributed by atoms with E-state index >= 15 is 0 Å². The van der Waals surface area contributed by atoms with Crippen LogP contribution in [0.4, 0.5) is 0 Å². The summed E-state index contributed by atoms with van der Waals surface area (Å²) in [5.41, 5.74) is 0.193. The number of carboxylic acids is 1. The van der Waals surface area contributed by atoms with Crippen LogP contribution in [-0.2, 0) is 14.8 Å². The summed E-state index contributed by atoms with van der Waals surface area (Å²) in [7, 11) is -3.87. The maximum atomic E-state index is 11.5. The van der Waals surface area contributed by atoms with E-state index in [4.69, 9.17) is 10.4 Å². The van der Waals surface area contributed by atoms with Gasteiger partial charge in [-0.1, -0.05) is 6.07 Å². The van der Waals surface area contributed by atoms with Gasteiger partial charge in [0.2, 0.25) is 10.0 Å². The van der Waals surface area contributed by atoms with Gasteiger partial charge in [0.15, 0.2) is 0 Å². The van der Waals surface area contributed by atoms with Gasteiger partial charge < -0.3 is 5.11 Å². The number of benzene rings is 1. The third kappa shape index (κ3) is 3.05. The number of hydrogen-bond donors (Lipinski definition) is 2. The molecule has 6 nitrogen and oxygen atoms in total. The predicted molar refractivity (Wildman–Crippen MR) is 54.0 cm³/mol. The Kier molecular flexibility index (Phi) is 3.60. The molecule has 16 heavy (non-hydrogen) atoms. The largest absolute Gasteiger partial charge is 0.480 e. The standard InChI is InChI=1S/C9H8N2O4S/c10-5-7-2-1-3-8(4-7)16(14,15)11-6-9(12)13/h1-4,11H,6H2,(H,12,13). The average Bonchev–Trinajstić information content (AvgIpc) is 2.27. The summed E-state index contributed by atoms with van der Waals surface area (Å²) in [5, 5.41) is 16.9. The molecule has 0 saturated heterocycles. The molecule has 0 unspecified atom stereocenters. The monoisotopic (exact) mass is 240 g/mol. The highest BCUT2D eigenvalue weighted by Gasteiger charge is 2.15. The third-order valence-electron chi connectivity index (χ3n) is 1.69. The maximum Gasteiger partial charge on any atom is 0.318 e. The van der Waals surface area contributed by atoms with E-state index in [1.807, 2.05) is 4.72 Å². The molecule has 0 spiro atoms. The first kappa shape index (κ1) is 12.2. The molecule has 1 aromatic rings. The number of carbonyl (C=O) groups is 1. The molecule has 0 bridgehead atoms. The van der Waals surface area contributed by atoms with Crippen LogP contribution in [0.3, 0.4) is 0 Å². The molecule has 0 aromatic heterocycles. The van der Waals surface area contributed by atoms with Gasteiger partial charge in [-0.15, -0.1) is 0 Å². The molecule has 2 N–H and O–H groups in total. The van der Waals surface area contributed by atoms with Crippen LogP contribution in [0.2, 0.25) is 0 Å². The lowest BCUT2D eigenvalue weighted by Crippen LogP contribution is -2.29. The molecule has 0 radical (unpaired) electrons. The number of aliphatic carboxylic acids is 1. The highest BCUT2D eigenvalue weighted by atomic mass is 32.2. The molecule has 0 aliphatic heterocycles. The van der Waals surface area contributed by atoms with E-state index in [-0.39, 0.29) is 10.5 Å². The van der Waals surface area contributed by atoms with Crippen molar-refractivity contribution in [3.63, 3.8) is 0 Å². The summed E-state index contributed by atoms with van der Waals surface area (Å²) in [6.45, 7) is -0.695. The number of nitriles is 1. The quantitative estimate of drug-likeness (QED) is 0.765. The van der Waals surface area contributed by atoms with Gasteiger partial charge in [0.25, 0.3) is 0 Å². The van der Waals surface area contributed by atoms with Crippen LogP contribution in [0.15, 0.2) is 29.2 Å². The van der Waals surface area contributed by atoms with Crippen molar-refractivity contribution in [2.24, 2.45) is 0 Å². The number of nitrogens with zero attached hydrogens (tertiary/aromatic N) is 1. The fourth-order valence-corrected chi connectivity index (χ4v) is 1.99. The van der Waals surface area contributed by atoms with Crippen LogP contribution in [0, 0.1) is 11.3 Å². The molecule has 0 aliphatic rings. The molecule has 1 rings (SSSR count). The second-order valence-electron chi connectivity index (χ2n) is 2.86. The van der Waals surface area contributed by atoms with Gasteiger partial charge in [0.1, 0.15) is 6.54 Å². The molecule has 0 fully saturated rings. The number of sulfonamides is 1. The van der Waals surface area contributed by atoms with E-state index in [9.17, 15) is 13.2 Å². The highest BCUT2D eigenvalue weighted by Crippen LogP contribution is 2.10. The van der Waals surface area contributed by atoms with Crippen molar-refractivity contribution in [3.8, 4) is 6.07 Å². The van der Waals surface area contributed by atoms with Crippen molar-refractivity contribution in [1.29, 1.82) is 5.26 Å². The van der Waals surface area contributed by atoms with Crippen molar-refractivity contribution in [1.82, 2.24) is 4.72 Å². The number of rotatable bonds is 4. The molecule has 0 saturated carbocycles. The molecule has 1 aromatic carbocycles. The Labute approximate surface area is 92.2 Å². The van der Waals surface area contributed by atoms with Crippen molar-refractivity contribution >= 4 is 16.0 Å². The minimum Gasteiger partial charge on any atom is -0.480 e. The smallest absolute Gasteiger partial charge is 0.318 e. The molecule has 0 atom stereocenters. The van der Waals surface area contributed by atoms with Crippen LogP contribution in [0.5, 0.6) is 0 Å². The van der Waals surface area contributed by atoms with Crippen molar-refractivity contribution in [2.75, 3.05) is 6.54 Å². The van der Waals surface area contributed by atoms with Crippen molar-refractivity contribution in [2.45, 2.75) is 4.90 Å². The molecule has 0 amide bonds. The average molecular weight is 240 g/mol. The van der Waals surface area contributed by atoms with E-state index in [1.54, 1.807) is 6.07 Å². The second-order valence-corrected chi connectivity index (χ2v) is 4.62. The van der Waals surface area contributed by atoms with Crippen molar-refractivity contribution < 1.29 is 18.3 Å². The van der Waals surface area contributed by atoms with Gasteiger partial charge in [-0.05, 0) is 18.2 Å². The molecular weight excluding hydrogens is 232 g/mol. The Morgan fingerprint density at radius 3 is 2.75 bits per heavy atom. The molecular formula is C9H8N2O4S. The maximum absolute atomic E-state index is 11.5. The zero-order valence-corrected chi connectivity index (χ0v) is 8.86. The van der Waals surface area contributed by atoms with Gasteiger partial charge in [-0.3, -0.25) is 4.79 Å². The Morgan fingerprint density at radius 2 is 2.19 bits per heavy atom. The Hall–Kier alpha value is -1.91. The predicted octanol–water partition coefficient (Wildman–Crippen LogP) is -0.0788. The first-order valence-corrected chi connectivity index (χ1v) is 5.65. The summed E-state index contributed by atoms with van der Waals surface area (Å²) < 4.78 is 24.9. The van der Waals surface area contributed by atoms with Crippen LogP contribution < -0.4 is 4.72 Å². The molecule has 0 heterocycles. The van der Waals surface area contributed by atoms with Crippen molar-refractivity contribution in [3.05, 3.63) is 29.8 Å². The molecule has 84 valence electrons. The zero-order valence-electron chi connectivity index (χ0n) is 8.04. The number of carboxylic acid groups (broad SMARTS) is 1. The first-order valence-electron chi connectivity index (χ1n) is 4.17. The Bertz CT molecular complexity index is 545. The summed E-state index contributed by atoms with van der Waals surface area (Å²) in [5.74, 6) is -1.28. The van der Waals surface area contributed by atoms with Crippen LogP contribution in [0.1, 0.15) is 5.56 Å². The lowest BCUT2D eigenvalue weighted by atomic mass is 10.2. The summed E-state index contributed by atoms with van der Waals surface area (Å²) in [4.78, 5) is 10.1. The number of nitrogens with one attached hydrogen (secondary N) is 1. The van der Waals surface area contributed by atoms with E-state index in [2.05, 4.69) is 0 Å². The normalized spacial score (nSPS) is 10.7. The lowest BCUT2D eigenvalue weighted by molar-refractivity contribution is -0.135. The third-order valence-corrected chi connectivity index (χ3v) is 3.09. The van der Waals surface area contributed by atoms with Gasteiger partial charge in [-0.2, -0.15) is 9.98 Å². The van der Waals surface area contributed by atoms with E-state index in [1.165, 1.54) is 24.3 Å². The fraction of sp³-hybridized carbons (Fsp3) is 0.111. The van der Waals surface area contributed by atoms with E-state index in [0.717, 1.165) is 0 Å². The SMILES string of the molecule is N#Cc1cccc(S(=O)(=O)NCC(=O)O)c1. The number of hydrogen-bond acceptors (Lipinski definition) is 4. The molecule has 0 aliphatic carbocycles. The minimum atomic E-state index is -3.87. The van der Waals surface area contributed by atoms with Crippen LogP contribution >= 0.6 is 0 Å². The van der Waals surface area contributed by atoms with Crippen LogP contribution in [-0.4, -0.2) is 26.0 Å². The highest BCUT2D eigenvalue weighted by molar-refractivity contribution is 7.89. The van der Waals surface area contributed by atoms with Gasteiger partial charge in [0, 0.05) is 0 Å². The topological polar surface area (TPSA) is 107 Å². The minimum absolute atomic E-state index is 0.132. The Morgan fingerprint density at radius 1 is 1.50 bits per heavy atom. The van der Waals surface area contributed by atoms with Gasteiger partial charge in [-0.25, -0.2) is 8.42 Å². The summed E-state index contributed by atoms with van der Waals surface area (Å²) in [6.07, 6.45) is 0. The van der Waals surface area contributed by atoms with Crippen LogP contribution in [0.25, 0.3) is 0 Å². The fourth-order valence-electron chi connectivity index (χ4n) is 0.973. The first-order chi connectivity index (χ1) is 7.45. The van der Waals surface area contributed by atoms with E-state index < -0.39 is 22.5 Å².